The second kappa shape index (κ2) is 10.6. The first kappa shape index (κ1) is 22.3. The highest BCUT2D eigenvalue weighted by Gasteiger charge is 2.18. The molecule has 4 rings (SSSR count). The third kappa shape index (κ3) is 6.08. The number of hydrogen-bond acceptors (Lipinski definition) is 7. The molecule has 0 radical (unpaired) electrons. The number of carbonyl (C=O) groups is 1. The molecule has 8 heteroatoms. The Hall–Kier alpha value is -3.91. The van der Waals surface area contributed by atoms with Crippen molar-refractivity contribution in [1.29, 1.82) is 0 Å². The molecule has 3 aromatic rings. The van der Waals surface area contributed by atoms with E-state index in [2.05, 4.69) is 42.2 Å². The molecule has 1 saturated heterocycles. The lowest BCUT2D eigenvalue weighted by Crippen LogP contribution is -2.45. The number of amides is 1. The van der Waals surface area contributed by atoms with Crippen LogP contribution in [0.15, 0.2) is 72.7 Å². The Labute approximate surface area is 194 Å². The molecule has 1 amide bonds. The molecule has 0 unspecified atom stereocenters. The van der Waals surface area contributed by atoms with Crippen LogP contribution in [0.2, 0.25) is 0 Å². The highest BCUT2D eigenvalue weighted by Crippen LogP contribution is 2.22. The summed E-state index contributed by atoms with van der Waals surface area (Å²) in [6.45, 7) is 7.34. The standard InChI is InChI=1S/C25H29N7O/c1-3-22(32-12-10-26-11-13-32)25(33)31-21-9-5-8-20(15-21)30-24-16-23(27-17-28-24)29-19-7-4-6-18(2)14-19/h3-9,14-17,26H,10-13H2,1-2H3,(H,31,33)(H2,27,28,29,30)/b22-3+. The van der Waals surface area contributed by atoms with Crippen LogP contribution in [0.5, 0.6) is 0 Å². The molecule has 0 spiro atoms. The molecular weight excluding hydrogens is 414 g/mol. The molecule has 1 fully saturated rings. The fraction of sp³-hybridized carbons (Fsp3) is 0.240. The van der Waals surface area contributed by atoms with Crippen LogP contribution in [-0.2, 0) is 4.79 Å². The number of benzene rings is 2. The van der Waals surface area contributed by atoms with E-state index < -0.39 is 0 Å². The van der Waals surface area contributed by atoms with Gasteiger partial charge in [0.2, 0.25) is 0 Å². The number of aryl methyl sites for hydroxylation is 1. The van der Waals surface area contributed by atoms with Gasteiger partial charge in [-0.05, 0) is 49.7 Å². The Balaban J connectivity index is 1.42. The van der Waals surface area contributed by atoms with Crippen molar-refractivity contribution in [2.45, 2.75) is 13.8 Å². The van der Waals surface area contributed by atoms with Crippen molar-refractivity contribution in [2.24, 2.45) is 0 Å². The largest absolute Gasteiger partial charge is 0.365 e. The Morgan fingerprint density at radius 3 is 2.24 bits per heavy atom. The van der Waals surface area contributed by atoms with E-state index >= 15 is 0 Å². The van der Waals surface area contributed by atoms with Crippen molar-refractivity contribution < 1.29 is 4.79 Å². The number of nitrogens with one attached hydrogen (secondary N) is 4. The Kier molecular flexibility index (Phi) is 7.16. The lowest BCUT2D eigenvalue weighted by molar-refractivity contribution is -0.114. The summed E-state index contributed by atoms with van der Waals surface area (Å²) in [6, 6.07) is 17.5. The Bertz CT molecular complexity index is 1140. The van der Waals surface area contributed by atoms with Crippen LogP contribution >= 0.6 is 0 Å². The number of anilines is 5. The summed E-state index contributed by atoms with van der Waals surface area (Å²) in [5.41, 5.74) is 4.36. The molecule has 1 aliphatic rings. The molecule has 0 atom stereocenters. The molecule has 170 valence electrons. The predicted molar refractivity (Wildman–Crippen MR) is 133 cm³/mol. The molecule has 2 heterocycles. The van der Waals surface area contributed by atoms with Crippen molar-refractivity contribution in [1.82, 2.24) is 20.2 Å². The Morgan fingerprint density at radius 1 is 0.939 bits per heavy atom. The van der Waals surface area contributed by atoms with Gasteiger partial charge in [-0.15, -0.1) is 0 Å². The normalized spacial score (nSPS) is 14.0. The fourth-order valence-electron chi connectivity index (χ4n) is 3.75. The van der Waals surface area contributed by atoms with Crippen LogP contribution in [0, 0.1) is 6.92 Å². The van der Waals surface area contributed by atoms with Crippen molar-refractivity contribution in [2.75, 3.05) is 42.1 Å². The lowest BCUT2D eigenvalue weighted by Gasteiger charge is -2.30. The molecule has 0 bridgehead atoms. The maximum atomic E-state index is 12.9. The highest BCUT2D eigenvalue weighted by molar-refractivity contribution is 6.03. The van der Waals surface area contributed by atoms with Gasteiger partial charge in [-0.1, -0.05) is 24.3 Å². The molecule has 33 heavy (non-hydrogen) atoms. The van der Waals surface area contributed by atoms with Gasteiger partial charge in [0, 0.05) is 49.3 Å². The van der Waals surface area contributed by atoms with Crippen molar-refractivity contribution in [3.8, 4) is 0 Å². The van der Waals surface area contributed by atoms with E-state index in [0.717, 1.165) is 37.6 Å². The summed E-state index contributed by atoms with van der Waals surface area (Å²) in [4.78, 5) is 23.6. The summed E-state index contributed by atoms with van der Waals surface area (Å²) in [6.07, 6.45) is 3.38. The van der Waals surface area contributed by atoms with E-state index in [4.69, 9.17) is 0 Å². The molecule has 4 N–H and O–H groups in total. The van der Waals surface area contributed by atoms with Crippen molar-refractivity contribution in [3.63, 3.8) is 0 Å². The third-order valence-corrected chi connectivity index (χ3v) is 5.31. The predicted octanol–water partition coefficient (Wildman–Crippen LogP) is 4.02. The van der Waals surface area contributed by atoms with Crippen LogP contribution in [0.1, 0.15) is 12.5 Å². The smallest absolute Gasteiger partial charge is 0.271 e. The summed E-state index contributed by atoms with van der Waals surface area (Å²) in [7, 11) is 0. The summed E-state index contributed by atoms with van der Waals surface area (Å²) >= 11 is 0. The molecule has 8 nitrogen and oxygen atoms in total. The van der Waals surface area contributed by atoms with Gasteiger partial charge in [-0.3, -0.25) is 4.79 Å². The van der Waals surface area contributed by atoms with Crippen LogP contribution in [-0.4, -0.2) is 47.0 Å². The number of nitrogens with zero attached hydrogens (tertiary/aromatic N) is 3. The molecule has 1 aliphatic heterocycles. The van der Waals surface area contributed by atoms with E-state index in [1.807, 2.05) is 68.5 Å². The fourth-order valence-corrected chi connectivity index (χ4v) is 3.75. The minimum absolute atomic E-state index is 0.108. The van der Waals surface area contributed by atoms with Crippen LogP contribution < -0.4 is 21.3 Å². The molecule has 1 aromatic heterocycles. The highest BCUT2D eigenvalue weighted by atomic mass is 16.2. The number of allylic oxidation sites excluding steroid dienone is 1. The second-order valence-corrected chi connectivity index (χ2v) is 7.85. The number of hydrogen-bond donors (Lipinski definition) is 4. The minimum atomic E-state index is -0.108. The van der Waals surface area contributed by atoms with Crippen LogP contribution in [0.4, 0.5) is 28.7 Å². The molecule has 0 aliphatic carbocycles. The monoisotopic (exact) mass is 443 g/mol. The minimum Gasteiger partial charge on any atom is -0.365 e. The van der Waals surface area contributed by atoms with Gasteiger partial charge >= 0.3 is 0 Å². The van der Waals surface area contributed by atoms with Gasteiger partial charge in [-0.2, -0.15) is 0 Å². The zero-order chi connectivity index (χ0) is 23.0. The number of aromatic nitrogens is 2. The second-order valence-electron chi connectivity index (χ2n) is 7.85. The van der Waals surface area contributed by atoms with E-state index in [1.54, 1.807) is 0 Å². The topological polar surface area (TPSA) is 94.2 Å². The van der Waals surface area contributed by atoms with Crippen molar-refractivity contribution >= 4 is 34.6 Å². The van der Waals surface area contributed by atoms with Gasteiger partial charge in [0.05, 0.1) is 5.70 Å². The van der Waals surface area contributed by atoms with Gasteiger partial charge in [0.25, 0.3) is 5.91 Å². The maximum Gasteiger partial charge on any atom is 0.271 e. The van der Waals surface area contributed by atoms with Crippen molar-refractivity contribution in [3.05, 3.63) is 78.3 Å². The van der Waals surface area contributed by atoms with Gasteiger partial charge < -0.3 is 26.2 Å². The van der Waals surface area contributed by atoms with E-state index in [-0.39, 0.29) is 5.91 Å². The van der Waals surface area contributed by atoms with Gasteiger partial charge in [0.15, 0.2) is 0 Å². The first-order valence-corrected chi connectivity index (χ1v) is 11.1. The van der Waals surface area contributed by atoms with Crippen LogP contribution in [0.3, 0.4) is 0 Å². The summed E-state index contributed by atoms with van der Waals surface area (Å²) in [5.74, 6) is 1.23. The number of piperazine rings is 1. The van der Waals surface area contributed by atoms with E-state index in [1.165, 1.54) is 11.9 Å². The van der Waals surface area contributed by atoms with E-state index in [0.29, 0.717) is 23.0 Å². The van der Waals surface area contributed by atoms with E-state index in [9.17, 15) is 4.79 Å². The average molecular weight is 444 g/mol. The first-order chi connectivity index (χ1) is 16.1. The maximum absolute atomic E-state index is 12.9. The quantitative estimate of drug-likeness (QED) is 0.410. The molecule has 0 saturated carbocycles. The van der Waals surface area contributed by atoms with Gasteiger partial charge in [0.1, 0.15) is 18.0 Å². The average Bonchev–Trinajstić information content (AvgIpc) is 2.81. The van der Waals surface area contributed by atoms with Gasteiger partial charge in [-0.25, -0.2) is 9.97 Å². The Morgan fingerprint density at radius 2 is 1.58 bits per heavy atom. The molecule has 2 aromatic carbocycles. The summed E-state index contributed by atoms with van der Waals surface area (Å²) < 4.78 is 0. The third-order valence-electron chi connectivity index (χ3n) is 5.31. The first-order valence-electron chi connectivity index (χ1n) is 11.1. The lowest BCUT2D eigenvalue weighted by atomic mass is 10.2. The summed E-state index contributed by atoms with van der Waals surface area (Å²) in [5, 5.41) is 12.9. The zero-order valence-corrected chi connectivity index (χ0v) is 18.9. The number of carbonyl (C=O) groups excluding carboxylic acids is 1. The number of rotatable bonds is 7. The molecular formula is C25H29N7O. The van der Waals surface area contributed by atoms with Crippen LogP contribution in [0.25, 0.3) is 0 Å². The zero-order valence-electron chi connectivity index (χ0n) is 18.9. The SMILES string of the molecule is C/C=C(\C(=O)Nc1cccc(Nc2cc(Nc3cccc(C)c3)ncn2)c1)N1CCNCC1.